The Hall–Kier alpha value is -2.69. The summed E-state index contributed by atoms with van der Waals surface area (Å²) in [5, 5.41) is 2.78. The first-order valence-electron chi connectivity index (χ1n) is 8.12. The van der Waals surface area contributed by atoms with Crippen molar-refractivity contribution in [2.45, 2.75) is 19.3 Å². The molecule has 3 rings (SSSR count). The Morgan fingerprint density at radius 2 is 1.88 bits per heavy atom. The van der Waals surface area contributed by atoms with E-state index in [9.17, 15) is 4.79 Å². The first-order chi connectivity index (χ1) is 11.7. The predicted molar refractivity (Wildman–Crippen MR) is 90.9 cm³/mol. The van der Waals surface area contributed by atoms with Gasteiger partial charge in [0.2, 0.25) is 0 Å². The van der Waals surface area contributed by atoms with Crippen LogP contribution >= 0.6 is 0 Å². The molecule has 0 bridgehead atoms. The Bertz CT molecular complexity index is 687. The molecule has 1 aliphatic heterocycles. The summed E-state index contributed by atoms with van der Waals surface area (Å²) < 4.78 is 16.3. The Balaban J connectivity index is 1.47. The van der Waals surface area contributed by atoms with Gasteiger partial charge in [-0.2, -0.15) is 0 Å². The van der Waals surface area contributed by atoms with E-state index in [1.54, 1.807) is 12.1 Å². The SMILES string of the molecule is CC(CCNC(=O)Oc1ccccc1)c1ccc2c(c1)OCCO2. The maximum atomic E-state index is 11.8. The van der Waals surface area contributed by atoms with E-state index in [4.69, 9.17) is 14.2 Å². The van der Waals surface area contributed by atoms with Crippen molar-refractivity contribution in [2.75, 3.05) is 19.8 Å². The van der Waals surface area contributed by atoms with Crippen molar-refractivity contribution in [1.82, 2.24) is 5.32 Å². The van der Waals surface area contributed by atoms with Crippen LogP contribution < -0.4 is 19.5 Å². The normalized spacial score (nSPS) is 13.9. The van der Waals surface area contributed by atoms with Gasteiger partial charge in [-0.3, -0.25) is 0 Å². The monoisotopic (exact) mass is 327 g/mol. The van der Waals surface area contributed by atoms with E-state index in [1.807, 2.05) is 36.4 Å². The van der Waals surface area contributed by atoms with Gasteiger partial charge < -0.3 is 19.5 Å². The molecule has 0 radical (unpaired) electrons. The van der Waals surface area contributed by atoms with E-state index in [0.717, 1.165) is 23.5 Å². The van der Waals surface area contributed by atoms with Crippen molar-refractivity contribution in [2.24, 2.45) is 0 Å². The van der Waals surface area contributed by atoms with E-state index >= 15 is 0 Å². The topological polar surface area (TPSA) is 56.8 Å². The van der Waals surface area contributed by atoms with Crippen LogP contribution in [0.25, 0.3) is 0 Å². The first-order valence-corrected chi connectivity index (χ1v) is 8.12. The molecule has 1 aliphatic rings. The Labute approximate surface area is 141 Å². The van der Waals surface area contributed by atoms with E-state index < -0.39 is 6.09 Å². The highest BCUT2D eigenvalue weighted by atomic mass is 16.6. The molecule has 0 spiro atoms. The molecular formula is C19H21NO4. The van der Waals surface area contributed by atoms with Gasteiger partial charge in [0, 0.05) is 6.54 Å². The van der Waals surface area contributed by atoms with Crippen LogP contribution in [0.3, 0.4) is 0 Å². The number of hydrogen-bond acceptors (Lipinski definition) is 4. The third-order valence-corrected chi connectivity index (χ3v) is 3.94. The molecular weight excluding hydrogens is 306 g/mol. The highest BCUT2D eigenvalue weighted by Gasteiger charge is 2.14. The van der Waals surface area contributed by atoms with Crippen LogP contribution in [0.1, 0.15) is 24.8 Å². The highest BCUT2D eigenvalue weighted by molar-refractivity contribution is 5.70. The fraction of sp³-hybridized carbons (Fsp3) is 0.316. The lowest BCUT2D eigenvalue weighted by atomic mass is 9.97. The number of amides is 1. The van der Waals surface area contributed by atoms with Gasteiger partial charge in [-0.1, -0.05) is 31.2 Å². The molecule has 0 aliphatic carbocycles. The minimum atomic E-state index is -0.435. The van der Waals surface area contributed by atoms with Crippen LogP contribution in [0.5, 0.6) is 17.2 Å². The third-order valence-electron chi connectivity index (χ3n) is 3.94. The molecule has 0 aromatic heterocycles. The second-order valence-electron chi connectivity index (χ2n) is 5.72. The van der Waals surface area contributed by atoms with Crippen molar-refractivity contribution < 1.29 is 19.0 Å². The number of ether oxygens (including phenoxy) is 3. The average Bonchev–Trinajstić information content (AvgIpc) is 2.62. The maximum absolute atomic E-state index is 11.8. The van der Waals surface area contributed by atoms with E-state index in [-0.39, 0.29) is 5.92 Å². The summed E-state index contributed by atoms with van der Waals surface area (Å²) in [5.41, 5.74) is 1.16. The average molecular weight is 327 g/mol. The van der Waals surface area contributed by atoms with E-state index in [2.05, 4.69) is 12.2 Å². The van der Waals surface area contributed by atoms with Gasteiger partial charge in [-0.05, 0) is 42.2 Å². The van der Waals surface area contributed by atoms with Gasteiger partial charge >= 0.3 is 6.09 Å². The number of nitrogens with one attached hydrogen (secondary N) is 1. The number of benzene rings is 2. The van der Waals surface area contributed by atoms with Gasteiger partial charge in [0.05, 0.1) is 0 Å². The van der Waals surface area contributed by atoms with Crippen LogP contribution in [0.2, 0.25) is 0 Å². The van der Waals surface area contributed by atoms with Crippen LogP contribution in [0, 0.1) is 0 Å². The van der Waals surface area contributed by atoms with Crippen LogP contribution in [-0.2, 0) is 0 Å². The van der Waals surface area contributed by atoms with Gasteiger partial charge in [-0.15, -0.1) is 0 Å². The lowest BCUT2D eigenvalue weighted by Gasteiger charge is -2.20. The van der Waals surface area contributed by atoms with E-state index in [1.165, 1.54) is 0 Å². The second kappa shape index (κ2) is 7.73. The van der Waals surface area contributed by atoms with Crippen LogP contribution in [0.4, 0.5) is 4.79 Å². The molecule has 126 valence electrons. The molecule has 24 heavy (non-hydrogen) atoms. The lowest BCUT2D eigenvalue weighted by molar-refractivity contribution is 0.171. The molecule has 0 saturated heterocycles. The van der Waals surface area contributed by atoms with Crippen LogP contribution in [0.15, 0.2) is 48.5 Å². The summed E-state index contributed by atoms with van der Waals surface area (Å²) in [5.74, 6) is 2.41. The number of fused-ring (bicyclic) bond motifs is 1. The number of para-hydroxylation sites is 1. The Morgan fingerprint density at radius 3 is 2.67 bits per heavy atom. The largest absolute Gasteiger partial charge is 0.486 e. The minimum Gasteiger partial charge on any atom is -0.486 e. The molecule has 2 aromatic rings. The molecule has 2 aromatic carbocycles. The second-order valence-corrected chi connectivity index (χ2v) is 5.72. The molecule has 1 amide bonds. The molecule has 1 atom stereocenters. The third kappa shape index (κ3) is 4.19. The fourth-order valence-electron chi connectivity index (χ4n) is 2.56. The molecule has 5 nitrogen and oxygen atoms in total. The van der Waals surface area contributed by atoms with Gasteiger partial charge in [0.15, 0.2) is 11.5 Å². The lowest BCUT2D eigenvalue weighted by Crippen LogP contribution is -2.28. The zero-order valence-electron chi connectivity index (χ0n) is 13.7. The molecule has 0 fully saturated rings. The molecule has 1 unspecified atom stereocenters. The summed E-state index contributed by atoms with van der Waals surface area (Å²) in [6.45, 7) is 3.84. The smallest absolute Gasteiger partial charge is 0.412 e. The molecule has 0 saturated carbocycles. The predicted octanol–water partition coefficient (Wildman–Crippen LogP) is 3.74. The minimum absolute atomic E-state index is 0.290. The summed E-state index contributed by atoms with van der Waals surface area (Å²) in [6, 6.07) is 15.0. The maximum Gasteiger partial charge on any atom is 0.412 e. The zero-order chi connectivity index (χ0) is 16.8. The van der Waals surface area contributed by atoms with Crippen molar-refractivity contribution in [3.05, 3.63) is 54.1 Å². The highest BCUT2D eigenvalue weighted by Crippen LogP contribution is 2.33. The Kier molecular flexibility index (Phi) is 5.21. The van der Waals surface area contributed by atoms with Gasteiger partial charge in [-0.25, -0.2) is 4.79 Å². The van der Waals surface area contributed by atoms with Gasteiger partial charge in [0.1, 0.15) is 19.0 Å². The molecule has 5 heteroatoms. The quantitative estimate of drug-likeness (QED) is 0.909. The number of carbonyl (C=O) groups is 1. The Morgan fingerprint density at radius 1 is 1.12 bits per heavy atom. The molecule has 1 heterocycles. The van der Waals surface area contributed by atoms with Gasteiger partial charge in [0.25, 0.3) is 0 Å². The first kappa shape index (κ1) is 16.2. The number of rotatable bonds is 5. The number of carbonyl (C=O) groups excluding carboxylic acids is 1. The zero-order valence-corrected chi connectivity index (χ0v) is 13.7. The fourth-order valence-corrected chi connectivity index (χ4v) is 2.56. The summed E-state index contributed by atoms with van der Waals surface area (Å²) in [4.78, 5) is 11.8. The molecule has 1 N–H and O–H groups in total. The summed E-state index contributed by atoms with van der Waals surface area (Å²) in [7, 11) is 0. The standard InChI is InChI=1S/C19H21NO4/c1-14(15-7-8-17-18(13-15)23-12-11-22-17)9-10-20-19(21)24-16-5-3-2-4-6-16/h2-8,13-14H,9-12H2,1H3,(H,20,21). The summed E-state index contributed by atoms with van der Waals surface area (Å²) in [6.07, 6.45) is 0.374. The van der Waals surface area contributed by atoms with Crippen LogP contribution in [-0.4, -0.2) is 25.9 Å². The number of hydrogen-bond donors (Lipinski definition) is 1. The van der Waals surface area contributed by atoms with Crippen molar-refractivity contribution in [1.29, 1.82) is 0 Å². The van der Waals surface area contributed by atoms with Crippen molar-refractivity contribution >= 4 is 6.09 Å². The van der Waals surface area contributed by atoms with E-state index in [0.29, 0.717) is 25.5 Å². The summed E-state index contributed by atoms with van der Waals surface area (Å²) >= 11 is 0. The van der Waals surface area contributed by atoms with Crippen molar-refractivity contribution in [3.63, 3.8) is 0 Å². The van der Waals surface area contributed by atoms with Crippen molar-refractivity contribution in [3.8, 4) is 17.2 Å².